The van der Waals surface area contributed by atoms with E-state index >= 15 is 0 Å². The van der Waals surface area contributed by atoms with E-state index in [4.69, 9.17) is 14.2 Å². The molecule has 0 rings (SSSR count). The summed E-state index contributed by atoms with van der Waals surface area (Å²) in [6.45, 7) is 11.2. The van der Waals surface area contributed by atoms with Gasteiger partial charge in [0.15, 0.2) is 6.10 Å². The highest BCUT2D eigenvalue weighted by Crippen LogP contribution is 2.17. The van der Waals surface area contributed by atoms with E-state index in [9.17, 15) is 14.4 Å². The Bertz CT molecular complexity index is 809. The van der Waals surface area contributed by atoms with Gasteiger partial charge in [0.05, 0.1) is 0 Å². The van der Waals surface area contributed by atoms with E-state index in [-0.39, 0.29) is 31.1 Å². The van der Waals surface area contributed by atoms with Crippen LogP contribution >= 0.6 is 0 Å². The molecule has 0 heterocycles. The van der Waals surface area contributed by atoms with Gasteiger partial charge in [0.2, 0.25) is 0 Å². The molecule has 314 valence electrons. The Kier molecular flexibility index (Phi) is 38.9. The van der Waals surface area contributed by atoms with Gasteiger partial charge < -0.3 is 14.2 Å². The Hall–Kier alpha value is -1.59. The van der Waals surface area contributed by atoms with Gasteiger partial charge >= 0.3 is 17.9 Å². The van der Waals surface area contributed by atoms with Crippen molar-refractivity contribution in [2.24, 2.45) is 11.8 Å². The first-order chi connectivity index (χ1) is 25.7. The summed E-state index contributed by atoms with van der Waals surface area (Å²) in [4.78, 5) is 37.4. The maximum absolute atomic E-state index is 12.7. The molecule has 0 aromatic carbocycles. The van der Waals surface area contributed by atoms with Crippen LogP contribution in [0.3, 0.4) is 0 Å². The summed E-state index contributed by atoms with van der Waals surface area (Å²) >= 11 is 0. The fourth-order valence-corrected chi connectivity index (χ4v) is 6.93. The summed E-state index contributed by atoms with van der Waals surface area (Å²) < 4.78 is 16.6. The predicted molar refractivity (Wildman–Crippen MR) is 224 cm³/mol. The third kappa shape index (κ3) is 41.4. The fraction of sp³-hybridized carbons (Fsp3) is 0.936. The van der Waals surface area contributed by atoms with Crippen LogP contribution in [-0.2, 0) is 28.6 Å². The topological polar surface area (TPSA) is 78.9 Å². The van der Waals surface area contributed by atoms with Crippen molar-refractivity contribution < 1.29 is 28.6 Å². The zero-order valence-corrected chi connectivity index (χ0v) is 36.1. The van der Waals surface area contributed by atoms with Gasteiger partial charge in [0, 0.05) is 19.3 Å². The second-order valence-electron chi connectivity index (χ2n) is 17.0. The summed E-state index contributed by atoms with van der Waals surface area (Å²) in [7, 11) is 0. The molecule has 0 bridgehead atoms. The van der Waals surface area contributed by atoms with Crippen molar-refractivity contribution >= 4 is 17.9 Å². The molecule has 0 saturated carbocycles. The van der Waals surface area contributed by atoms with Crippen molar-refractivity contribution in [2.45, 2.75) is 259 Å². The van der Waals surface area contributed by atoms with Gasteiger partial charge in [-0.3, -0.25) is 14.4 Å². The van der Waals surface area contributed by atoms with Crippen molar-refractivity contribution in [1.82, 2.24) is 0 Å². The lowest BCUT2D eigenvalue weighted by atomic mass is 10.0. The molecule has 0 aliphatic carbocycles. The predicted octanol–water partition coefficient (Wildman–Crippen LogP) is 14.6. The molecule has 0 unspecified atom stereocenters. The van der Waals surface area contributed by atoms with E-state index in [2.05, 4.69) is 34.6 Å². The maximum atomic E-state index is 12.7. The standard InChI is InChI=1S/C47H90O6/c1-6-7-8-25-32-37-45(48)51-40-44(41-52-46(49)38-33-28-24-23-27-31-36-43(4)5)53-47(50)39-34-29-22-20-18-16-14-12-10-9-11-13-15-17-19-21-26-30-35-42(2)3/h42-44H,6-41H2,1-5H3/t44-/m0/s1. The molecule has 0 fully saturated rings. The molecule has 0 aromatic rings. The summed E-state index contributed by atoms with van der Waals surface area (Å²) in [5.41, 5.74) is 0. The normalized spacial score (nSPS) is 12.1. The molecule has 1 atom stereocenters. The molecule has 0 spiro atoms. The number of carbonyl (C=O) groups excluding carboxylic acids is 3. The second kappa shape index (κ2) is 40.1. The van der Waals surface area contributed by atoms with Gasteiger partial charge in [-0.15, -0.1) is 0 Å². The van der Waals surface area contributed by atoms with Gasteiger partial charge in [-0.25, -0.2) is 0 Å². The van der Waals surface area contributed by atoms with E-state index in [1.54, 1.807) is 0 Å². The summed E-state index contributed by atoms with van der Waals surface area (Å²) in [6, 6.07) is 0. The molecular formula is C47H90O6. The molecule has 6 heteroatoms. The van der Waals surface area contributed by atoms with Crippen LogP contribution < -0.4 is 0 Å². The van der Waals surface area contributed by atoms with Gasteiger partial charge in [0.1, 0.15) is 13.2 Å². The minimum atomic E-state index is -0.759. The summed E-state index contributed by atoms with van der Waals surface area (Å²) in [5.74, 6) is 0.747. The Morgan fingerprint density at radius 1 is 0.358 bits per heavy atom. The molecule has 6 nitrogen and oxygen atoms in total. The first kappa shape index (κ1) is 51.4. The largest absolute Gasteiger partial charge is 0.462 e. The number of hydrogen-bond acceptors (Lipinski definition) is 6. The van der Waals surface area contributed by atoms with E-state index in [1.807, 2.05) is 0 Å². The lowest BCUT2D eigenvalue weighted by Crippen LogP contribution is -2.30. The molecule has 0 aliphatic heterocycles. The van der Waals surface area contributed by atoms with Gasteiger partial charge in [-0.1, -0.05) is 214 Å². The third-order valence-electron chi connectivity index (χ3n) is 10.5. The average molecular weight is 751 g/mol. The van der Waals surface area contributed by atoms with Crippen molar-refractivity contribution in [3.63, 3.8) is 0 Å². The van der Waals surface area contributed by atoms with Gasteiger partial charge in [-0.2, -0.15) is 0 Å². The molecular weight excluding hydrogens is 661 g/mol. The van der Waals surface area contributed by atoms with Crippen LogP contribution in [0.25, 0.3) is 0 Å². The van der Waals surface area contributed by atoms with Crippen LogP contribution in [0.2, 0.25) is 0 Å². The van der Waals surface area contributed by atoms with E-state index in [0.29, 0.717) is 19.3 Å². The number of ether oxygens (including phenoxy) is 3. The average Bonchev–Trinajstić information content (AvgIpc) is 3.12. The lowest BCUT2D eigenvalue weighted by molar-refractivity contribution is -0.167. The molecule has 0 saturated heterocycles. The molecule has 53 heavy (non-hydrogen) atoms. The number of rotatable bonds is 41. The van der Waals surface area contributed by atoms with Crippen LogP contribution in [0, 0.1) is 11.8 Å². The number of unbranched alkanes of at least 4 members (excludes halogenated alkanes) is 26. The summed E-state index contributed by atoms with van der Waals surface area (Å²) in [6.07, 6.45) is 38.6. The molecule has 0 aliphatic rings. The van der Waals surface area contributed by atoms with E-state index < -0.39 is 6.10 Å². The number of esters is 3. The number of carbonyl (C=O) groups is 3. The third-order valence-corrected chi connectivity index (χ3v) is 10.5. The quantitative estimate of drug-likeness (QED) is 0.0352. The molecule has 0 N–H and O–H groups in total. The monoisotopic (exact) mass is 751 g/mol. The lowest BCUT2D eigenvalue weighted by Gasteiger charge is -2.18. The van der Waals surface area contributed by atoms with E-state index in [1.165, 1.54) is 135 Å². The Morgan fingerprint density at radius 3 is 0.925 bits per heavy atom. The Morgan fingerprint density at radius 2 is 0.623 bits per heavy atom. The second-order valence-corrected chi connectivity index (χ2v) is 17.0. The van der Waals surface area contributed by atoms with Crippen LogP contribution in [0.5, 0.6) is 0 Å². The van der Waals surface area contributed by atoms with Crippen LogP contribution in [-0.4, -0.2) is 37.2 Å². The molecule has 0 radical (unpaired) electrons. The Labute approximate surface area is 329 Å². The fourth-order valence-electron chi connectivity index (χ4n) is 6.93. The van der Waals surface area contributed by atoms with Crippen LogP contribution in [0.1, 0.15) is 253 Å². The minimum absolute atomic E-state index is 0.0671. The van der Waals surface area contributed by atoms with Crippen molar-refractivity contribution in [3.05, 3.63) is 0 Å². The summed E-state index contributed by atoms with van der Waals surface area (Å²) in [5, 5.41) is 0. The molecule has 0 aromatic heterocycles. The minimum Gasteiger partial charge on any atom is -0.462 e. The maximum Gasteiger partial charge on any atom is 0.306 e. The molecule has 0 amide bonds. The van der Waals surface area contributed by atoms with Crippen LogP contribution in [0.15, 0.2) is 0 Å². The zero-order chi connectivity index (χ0) is 39.0. The number of hydrogen-bond donors (Lipinski definition) is 0. The van der Waals surface area contributed by atoms with E-state index in [0.717, 1.165) is 76.0 Å². The van der Waals surface area contributed by atoms with Crippen molar-refractivity contribution in [1.29, 1.82) is 0 Å². The first-order valence-electron chi connectivity index (χ1n) is 23.2. The van der Waals surface area contributed by atoms with Gasteiger partial charge in [0.25, 0.3) is 0 Å². The Balaban J connectivity index is 4.06. The van der Waals surface area contributed by atoms with Gasteiger partial charge in [-0.05, 0) is 31.1 Å². The van der Waals surface area contributed by atoms with Crippen molar-refractivity contribution in [3.8, 4) is 0 Å². The first-order valence-corrected chi connectivity index (χ1v) is 23.2. The highest BCUT2D eigenvalue weighted by molar-refractivity contribution is 5.71. The van der Waals surface area contributed by atoms with Crippen LogP contribution in [0.4, 0.5) is 0 Å². The zero-order valence-electron chi connectivity index (χ0n) is 36.1. The highest BCUT2D eigenvalue weighted by Gasteiger charge is 2.19. The highest BCUT2D eigenvalue weighted by atomic mass is 16.6. The SMILES string of the molecule is CCCCCCCC(=O)OC[C@@H](COC(=O)CCCCCCCCC(C)C)OC(=O)CCCCCCCCCCCCCCCCCCCCC(C)C. The van der Waals surface area contributed by atoms with Crippen molar-refractivity contribution in [2.75, 3.05) is 13.2 Å². The smallest absolute Gasteiger partial charge is 0.306 e.